The number of nitrogen functional groups attached to an aromatic ring is 2. The van der Waals surface area contributed by atoms with Gasteiger partial charge < -0.3 is 26.3 Å². The number of nitrogens with one attached hydrogen (secondary N) is 1. The van der Waals surface area contributed by atoms with Crippen LogP contribution in [0.4, 0.5) is 21.5 Å². The van der Waals surface area contributed by atoms with Crippen LogP contribution in [0, 0.1) is 5.82 Å². The Kier molecular flexibility index (Phi) is 6.69. The van der Waals surface area contributed by atoms with Crippen molar-refractivity contribution in [1.82, 2.24) is 0 Å². The van der Waals surface area contributed by atoms with E-state index in [2.05, 4.69) is 5.32 Å². The van der Waals surface area contributed by atoms with Crippen LogP contribution >= 0.6 is 11.6 Å². The molecular formula is C12H19ClFN3O2. The molecule has 0 unspecified atom stereocenters. The number of methoxy groups -OCH3 is 1. The summed E-state index contributed by atoms with van der Waals surface area (Å²) in [4.78, 5) is 0. The van der Waals surface area contributed by atoms with Crippen LogP contribution in [-0.2, 0) is 9.47 Å². The van der Waals surface area contributed by atoms with E-state index in [9.17, 15) is 4.39 Å². The number of anilines is 3. The van der Waals surface area contributed by atoms with Gasteiger partial charge in [-0.15, -0.1) is 0 Å². The molecule has 0 fully saturated rings. The molecule has 19 heavy (non-hydrogen) atoms. The van der Waals surface area contributed by atoms with Gasteiger partial charge in [-0.25, -0.2) is 4.39 Å². The fraction of sp³-hybridized carbons (Fsp3) is 0.500. The molecule has 0 saturated carbocycles. The summed E-state index contributed by atoms with van der Waals surface area (Å²) >= 11 is 5.72. The van der Waals surface area contributed by atoms with E-state index in [4.69, 9.17) is 32.5 Å². The molecule has 0 saturated heterocycles. The van der Waals surface area contributed by atoms with Gasteiger partial charge in [0.05, 0.1) is 30.3 Å². The second kappa shape index (κ2) is 8.04. The average Bonchev–Trinajstić information content (AvgIpc) is 2.38. The zero-order chi connectivity index (χ0) is 14.3. The molecule has 0 aromatic heterocycles. The standard InChI is InChI=1S/C12H19ClFN3O2/c1-18-5-6-19-4-2-3-17-12-9(16)7-8(15)10(13)11(12)14/h7,17H,2-6,15-16H2,1H3. The summed E-state index contributed by atoms with van der Waals surface area (Å²) in [5, 5.41) is 2.77. The maximum Gasteiger partial charge on any atom is 0.169 e. The van der Waals surface area contributed by atoms with Gasteiger partial charge in [0.25, 0.3) is 0 Å². The first-order valence-corrected chi connectivity index (χ1v) is 6.29. The molecule has 5 nitrogen and oxygen atoms in total. The SMILES string of the molecule is COCCOCCCNc1c(N)cc(N)c(Cl)c1F. The van der Waals surface area contributed by atoms with E-state index >= 15 is 0 Å². The molecule has 0 bridgehead atoms. The van der Waals surface area contributed by atoms with Gasteiger partial charge in [0.1, 0.15) is 5.02 Å². The lowest BCUT2D eigenvalue weighted by atomic mass is 10.2. The van der Waals surface area contributed by atoms with Gasteiger partial charge in [-0.3, -0.25) is 0 Å². The van der Waals surface area contributed by atoms with Crippen molar-refractivity contribution in [1.29, 1.82) is 0 Å². The summed E-state index contributed by atoms with van der Waals surface area (Å²) in [6.45, 7) is 2.18. The number of nitrogens with two attached hydrogens (primary N) is 2. The minimum absolute atomic E-state index is 0.118. The molecule has 0 radical (unpaired) electrons. The number of ether oxygens (including phenoxy) is 2. The summed E-state index contributed by atoms with van der Waals surface area (Å²) < 4.78 is 23.9. The highest BCUT2D eigenvalue weighted by Gasteiger charge is 2.13. The Hall–Kier alpha value is -1.24. The van der Waals surface area contributed by atoms with Crippen LogP contribution in [0.15, 0.2) is 6.07 Å². The lowest BCUT2D eigenvalue weighted by Gasteiger charge is -2.13. The Morgan fingerprint density at radius 1 is 1.26 bits per heavy atom. The van der Waals surface area contributed by atoms with Gasteiger partial charge in [-0.05, 0) is 12.5 Å². The molecule has 0 aliphatic heterocycles. The third kappa shape index (κ3) is 4.74. The monoisotopic (exact) mass is 291 g/mol. The molecule has 0 heterocycles. The van der Waals surface area contributed by atoms with Gasteiger partial charge in [-0.1, -0.05) is 11.6 Å². The van der Waals surface area contributed by atoms with Crippen LogP contribution < -0.4 is 16.8 Å². The topological polar surface area (TPSA) is 82.5 Å². The van der Waals surface area contributed by atoms with E-state index in [1.807, 2.05) is 0 Å². The van der Waals surface area contributed by atoms with E-state index < -0.39 is 5.82 Å². The van der Waals surface area contributed by atoms with Gasteiger partial charge in [-0.2, -0.15) is 0 Å². The third-order valence-electron chi connectivity index (χ3n) is 2.46. The molecule has 108 valence electrons. The van der Waals surface area contributed by atoms with Crippen molar-refractivity contribution in [2.45, 2.75) is 6.42 Å². The number of halogens is 2. The summed E-state index contributed by atoms with van der Waals surface area (Å²) in [5.41, 5.74) is 11.7. The van der Waals surface area contributed by atoms with E-state index in [0.29, 0.717) is 32.8 Å². The van der Waals surface area contributed by atoms with Gasteiger partial charge in [0, 0.05) is 20.3 Å². The minimum atomic E-state index is -0.625. The third-order valence-corrected chi connectivity index (χ3v) is 2.85. The lowest BCUT2D eigenvalue weighted by Crippen LogP contribution is -2.11. The molecule has 0 aliphatic rings. The first kappa shape index (κ1) is 15.8. The van der Waals surface area contributed by atoms with Crippen LogP contribution in [0.1, 0.15) is 6.42 Å². The zero-order valence-corrected chi connectivity index (χ0v) is 11.6. The summed E-state index contributed by atoms with van der Waals surface area (Å²) in [7, 11) is 1.61. The van der Waals surface area contributed by atoms with Crippen molar-refractivity contribution in [3.05, 3.63) is 16.9 Å². The van der Waals surface area contributed by atoms with E-state index in [1.54, 1.807) is 7.11 Å². The van der Waals surface area contributed by atoms with Gasteiger partial charge in [0.15, 0.2) is 5.82 Å². The molecule has 5 N–H and O–H groups in total. The highest BCUT2D eigenvalue weighted by Crippen LogP contribution is 2.33. The Bertz CT molecular complexity index is 418. The first-order valence-electron chi connectivity index (χ1n) is 5.91. The van der Waals surface area contributed by atoms with Gasteiger partial charge in [0.2, 0.25) is 0 Å². The highest BCUT2D eigenvalue weighted by atomic mass is 35.5. The van der Waals surface area contributed by atoms with Crippen LogP contribution in [0.5, 0.6) is 0 Å². The lowest BCUT2D eigenvalue weighted by molar-refractivity contribution is 0.0705. The van der Waals surface area contributed by atoms with Crippen molar-refractivity contribution in [2.75, 3.05) is 50.3 Å². The number of benzene rings is 1. The normalized spacial score (nSPS) is 10.7. The maximum atomic E-state index is 13.8. The molecule has 7 heteroatoms. The number of hydrogen-bond donors (Lipinski definition) is 3. The molecule has 0 spiro atoms. The molecule has 0 atom stereocenters. The van der Waals surface area contributed by atoms with Crippen molar-refractivity contribution in [2.24, 2.45) is 0 Å². The average molecular weight is 292 g/mol. The summed E-state index contributed by atoms with van der Waals surface area (Å²) in [6.07, 6.45) is 0.713. The first-order chi connectivity index (χ1) is 9.07. The van der Waals surface area contributed by atoms with Crippen LogP contribution in [-0.4, -0.2) is 33.5 Å². The zero-order valence-electron chi connectivity index (χ0n) is 10.8. The fourth-order valence-electron chi connectivity index (χ4n) is 1.48. The molecule has 1 aromatic carbocycles. The fourth-order valence-corrected chi connectivity index (χ4v) is 1.63. The van der Waals surface area contributed by atoms with E-state index in [1.165, 1.54) is 6.07 Å². The Morgan fingerprint density at radius 3 is 2.68 bits per heavy atom. The maximum absolute atomic E-state index is 13.8. The van der Waals surface area contributed by atoms with Crippen LogP contribution in [0.25, 0.3) is 0 Å². The highest BCUT2D eigenvalue weighted by molar-refractivity contribution is 6.33. The van der Waals surface area contributed by atoms with E-state index in [0.717, 1.165) is 0 Å². The second-order valence-electron chi connectivity index (χ2n) is 3.94. The second-order valence-corrected chi connectivity index (χ2v) is 4.32. The largest absolute Gasteiger partial charge is 0.397 e. The van der Waals surface area contributed by atoms with Crippen molar-refractivity contribution < 1.29 is 13.9 Å². The number of rotatable bonds is 8. The van der Waals surface area contributed by atoms with Crippen molar-refractivity contribution >= 4 is 28.7 Å². The van der Waals surface area contributed by atoms with E-state index in [-0.39, 0.29) is 22.1 Å². The van der Waals surface area contributed by atoms with Crippen LogP contribution in [0.2, 0.25) is 5.02 Å². The molecule has 1 rings (SSSR count). The molecule has 0 aliphatic carbocycles. The Labute approximate surface area is 117 Å². The summed E-state index contributed by atoms with van der Waals surface area (Å²) in [6, 6.07) is 1.43. The van der Waals surface area contributed by atoms with Gasteiger partial charge >= 0.3 is 0 Å². The van der Waals surface area contributed by atoms with Crippen molar-refractivity contribution in [3.8, 4) is 0 Å². The van der Waals surface area contributed by atoms with Crippen LogP contribution in [0.3, 0.4) is 0 Å². The summed E-state index contributed by atoms with van der Waals surface area (Å²) in [5.74, 6) is -0.625. The Balaban J connectivity index is 2.39. The number of hydrogen-bond acceptors (Lipinski definition) is 5. The predicted molar refractivity (Wildman–Crippen MR) is 76.0 cm³/mol. The molecule has 1 aromatic rings. The Morgan fingerprint density at radius 2 is 2.00 bits per heavy atom. The minimum Gasteiger partial charge on any atom is -0.397 e. The smallest absolute Gasteiger partial charge is 0.169 e. The van der Waals surface area contributed by atoms with Crippen molar-refractivity contribution in [3.63, 3.8) is 0 Å². The predicted octanol–water partition coefficient (Wildman–Crippen LogP) is 2.11. The molecule has 0 amide bonds. The quantitative estimate of drug-likeness (QED) is 0.505. The molecular weight excluding hydrogens is 273 g/mol.